The number of nitrogens with two attached hydrogens (primary N) is 1. The molecule has 0 bridgehead atoms. The lowest BCUT2D eigenvalue weighted by Crippen LogP contribution is -2.31. The molecule has 1 aromatic rings. The third-order valence-electron chi connectivity index (χ3n) is 2.83. The summed E-state index contributed by atoms with van der Waals surface area (Å²) >= 11 is 0. The zero-order chi connectivity index (χ0) is 11.5. The first kappa shape index (κ1) is 13.6. The minimum atomic E-state index is -0.245. The van der Waals surface area contributed by atoms with Crippen molar-refractivity contribution in [3.63, 3.8) is 0 Å². The Balaban J connectivity index is 0.00000144. The van der Waals surface area contributed by atoms with Crippen molar-refractivity contribution in [2.24, 2.45) is 5.84 Å². The summed E-state index contributed by atoms with van der Waals surface area (Å²) in [4.78, 5) is 12.8. The summed E-state index contributed by atoms with van der Waals surface area (Å²) in [6.45, 7) is 0.465. The highest BCUT2D eigenvalue weighted by Crippen LogP contribution is 2.16. The van der Waals surface area contributed by atoms with E-state index in [4.69, 9.17) is 10.6 Å². The first-order valence-electron chi connectivity index (χ1n) is 5.16. The maximum absolute atomic E-state index is 11.2. The van der Waals surface area contributed by atoms with Gasteiger partial charge in [-0.2, -0.15) is 0 Å². The Hall–Kier alpha value is -1.46. The molecule has 0 aliphatic carbocycles. The molecule has 1 amide bonds. The van der Waals surface area contributed by atoms with E-state index < -0.39 is 0 Å². The molecule has 6 heteroatoms. The molecule has 1 atom stereocenters. The summed E-state index contributed by atoms with van der Waals surface area (Å²) in [7, 11) is 1.76. The van der Waals surface area contributed by atoms with E-state index in [-0.39, 0.29) is 24.5 Å². The number of hydrogen-bond acceptors (Lipinski definition) is 4. The Bertz CT molecular complexity index is 383. The summed E-state index contributed by atoms with van der Waals surface area (Å²) in [5.41, 5.74) is 4.61. The van der Waals surface area contributed by atoms with Crippen molar-refractivity contribution in [3.8, 4) is 0 Å². The molecular formula is C11H16ClN3O2. The average Bonchev–Trinajstić information content (AvgIpc) is 2.62. The van der Waals surface area contributed by atoms with Crippen LogP contribution in [0, 0.1) is 0 Å². The lowest BCUT2D eigenvalue weighted by Gasteiger charge is -2.15. The van der Waals surface area contributed by atoms with Gasteiger partial charge < -0.3 is 15.1 Å². The number of hydrazine groups is 1. The van der Waals surface area contributed by atoms with Gasteiger partial charge in [0.15, 0.2) is 0 Å². The molecule has 0 aromatic heterocycles. The second-order valence-electron chi connectivity index (χ2n) is 3.89. The molecule has 1 aliphatic heterocycles. The number of hydrogen-bond donors (Lipinski definition) is 2. The molecule has 1 aromatic carbocycles. The molecule has 1 saturated heterocycles. The molecule has 17 heavy (non-hydrogen) atoms. The van der Waals surface area contributed by atoms with Crippen LogP contribution in [0.15, 0.2) is 24.3 Å². The summed E-state index contributed by atoms with van der Waals surface area (Å²) in [6.07, 6.45) is 0.554. The van der Waals surface area contributed by atoms with E-state index in [1.165, 1.54) is 0 Å². The maximum atomic E-state index is 11.2. The van der Waals surface area contributed by atoms with Gasteiger partial charge in [0.05, 0.1) is 6.04 Å². The van der Waals surface area contributed by atoms with E-state index in [0.29, 0.717) is 6.61 Å². The normalized spacial score (nSPS) is 18.6. The number of cyclic esters (lactones) is 1. The zero-order valence-electron chi connectivity index (χ0n) is 9.55. The van der Waals surface area contributed by atoms with Crippen molar-refractivity contribution >= 4 is 24.2 Å². The van der Waals surface area contributed by atoms with Crippen LogP contribution in [-0.4, -0.2) is 30.7 Å². The lowest BCUT2D eigenvalue weighted by atomic mass is 10.1. The maximum Gasteiger partial charge on any atom is 0.409 e. The number of nitrogens with zero attached hydrogens (tertiary/aromatic N) is 1. The molecule has 5 nitrogen and oxygen atoms in total. The fourth-order valence-corrected chi connectivity index (χ4v) is 1.74. The number of anilines is 1. The van der Waals surface area contributed by atoms with Gasteiger partial charge in [-0.05, 0) is 24.1 Å². The highest BCUT2D eigenvalue weighted by atomic mass is 35.5. The van der Waals surface area contributed by atoms with Crippen molar-refractivity contribution in [1.29, 1.82) is 0 Å². The van der Waals surface area contributed by atoms with Crippen molar-refractivity contribution in [2.75, 3.05) is 19.1 Å². The van der Waals surface area contributed by atoms with Crippen molar-refractivity contribution < 1.29 is 9.53 Å². The fourth-order valence-electron chi connectivity index (χ4n) is 1.74. The largest absolute Gasteiger partial charge is 0.447 e. The summed E-state index contributed by atoms with van der Waals surface area (Å²) in [6, 6.07) is 7.93. The molecule has 1 fully saturated rings. The molecule has 1 heterocycles. The third-order valence-corrected chi connectivity index (χ3v) is 2.83. The van der Waals surface area contributed by atoms with Crippen molar-refractivity contribution in [1.82, 2.24) is 4.90 Å². The van der Waals surface area contributed by atoms with Crippen LogP contribution in [0.2, 0.25) is 0 Å². The average molecular weight is 258 g/mol. The topological polar surface area (TPSA) is 67.6 Å². The third kappa shape index (κ3) is 3.01. The van der Waals surface area contributed by atoms with E-state index in [9.17, 15) is 4.79 Å². The van der Waals surface area contributed by atoms with Crippen LogP contribution in [0.3, 0.4) is 0 Å². The quantitative estimate of drug-likeness (QED) is 0.634. The standard InChI is InChI=1S/C11H15N3O2.ClH/c1-14-10(7-16-11(14)15)6-8-2-4-9(13-12)5-3-8;/h2-5,10,13H,6-7,12H2,1H3;1H/t10-;/m0./s1. The number of ether oxygens (including phenoxy) is 1. The van der Waals surface area contributed by atoms with E-state index in [1.807, 2.05) is 24.3 Å². The molecular weight excluding hydrogens is 242 g/mol. The van der Waals surface area contributed by atoms with E-state index in [1.54, 1.807) is 11.9 Å². The van der Waals surface area contributed by atoms with Crippen LogP contribution in [-0.2, 0) is 11.2 Å². The van der Waals surface area contributed by atoms with Crippen LogP contribution in [0.25, 0.3) is 0 Å². The Labute approximate surface area is 106 Å². The fraction of sp³-hybridized carbons (Fsp3) is 0.364. The van der Waals surface area contributed by atoms with Crippen molar-refractivity contribution in [3.05, 3.63) is 29.8 Å². The predicted octanol–water partition coefficient (Wildman–Crippen LogP) is 1.39. The number of nitrogen functional groups attached to an aromatic ring is 1. The second kappa shape index (κ2) is 5.75. The van der Waals surface area contributed by atoms with Crippen LogP contribution >= 0.6 is 12.4 Å². The smallest absolute Gasteiger partial charge is 0.409 e. The Kier molecular flexibility index (Phi) is 4.60. The first-order chi connectivity index (χ1) is 7.70. The number of nitrogens with one attached hydrogen (secondary N) is 1. The second-order valence-corrected chi connectivity index (χ2v) is 3.89. The number of amides is 1. The number of rotatable bonds is 3. The minimum absolute atomic E-state index is 0. The molecule has 0 saturated carbocycles. The van der Waals surface area contributed by atoms with Crippen LogP contribution in [0.5, 0.6) is 0 Å². The molecule has 94 valence electrons. The number of benzene rings is 1. The van der Waals surface area contributed by atoms with Gasteiger partial charge in [0, 0.05) is 12.7 Å². The van der Waals surface area contributed by atoms with Gasteiger partial charge in [-0.3, -0.25) is 5.84 Å². The van der Waals surface area contributed by atoms with Gasteiger partial charge in [-0.25, -0.2) is 4.79 Å². The van der Waals surface area contributed by atoms with E-state index in [0.717, 1.165) is 17.7 Å². The van der Waals surface area contributed by atoms with Crippen LogP contribution in [0.1, 0.15) is 5.56 Å². The van der Waals surface area contributed by atoms with E-state index >= 15 is 0 Å². The minimum Gasteiger partial charge on any atom is -0.447 e. The highest BCUT2D eigenvalue weighted by molar-refractivity contribution is 5.85. The molecule has 0 radical (unpaired) electrons. The summed E-state index contributed by atoms with van der Waals surface area (Å²) in [5, 5.41) is 0. The SMILES string of the molecule is CN1C(=O)OC[C@@H]1Cc1ccc(NN)cc1.Cl. The monoisotopic (exact) mass is 257 g/mol. The summed E-state index contributed by atoms with van der Waals surface area (Å²) < 4.78 is 4.95. The molecule has 0 unspecified atom stereocenters. The van der Waals surface area contributed by atoms with Crippen LogP contribution in [0.4, 0.5) is 10.5 Å². The summed E-state index contributed by atoms with van der Waals surface area (Å²) in [5.74, 6) is 5.28. The molecule has 2 rings (SSSR count). The van der Waals surface area contributed by atoms with Gasteiger partial charge in [0.2, 0.25) is 0 Å². The highest BCUT2D eigenvalue weighted by Gasteiger charge is 2.29. The van der Waals surface area contributed by atoms with Gasteiger partial charge in [-0.1, -0.05) is 12.1 Å². The van der Waals surface area contributed by atoms with Gasteiger partial charge in [-0.15, -0.1) is 12.4 Å². The Morgan fingerprint density at radius 2 is 2.12 bits per heavy atom. The van der Waals surface area contributed by atoms with E-state index in [2.05, 4.69) is 5.43 Å². The Morgan fingerprint density at radius 3 is 2.59 bits per heavy atom. The first-order valence-corrected chi connectivity index (χ1v) is 5.16. The molecule has 0 spiro atoms. The lowest BCUT2D eigenvalue weighted by molar-refractivity contribution is 0.163. The number of likely N-dealkylation sites (N-methyl/N-ethyl adjacent to an activating group) is 1. The number of halogens is 1. The number of carbonyl (C=O) groups excluding carboxylic acids is 1. The van der Waals surface area contributed by atoms with Gasteiger partial charge in [0.1, 0.15) is 6.61 Å². The van der Waals surface area contributed by atoms with Crippen molar-refractivity contribution in [2.45, 2.75) is 12.5 Å². The Morgan fingerprint density at radius 1 is 1.47 bits per heavy atom. The molecule has 3 N–H and O–H groups in total. The predicted molar refractivity (Wildman–Crippen MR) is 68.1 cm³/mol. The van der Waals surface area contributed by atoms with Gasteiger partial charge in [0.25, 0.3) is 0 Å². The number of carbonyl (C=O) groups is 1. The molecule has 1 aliphatic rings. The van der Waals surface area contributed by atoms with Crippen LogP contribution < -0.4 is 11.3 Å². The van der Waals surface area contributed by atoms with Gasteiger partial charge >= 0.3 is 6.09 Å². The zero-order valence-corrected chi connectivity index (χ0v) is 10.4.